The number of anilines is 2. The first-order valence-corrected chi connectivity index (χ1v) is 22.6. The Labute approximate surface area is 274 Å². The first-order valence-electron chi connectivity index (χ1n) is 15.2. The lowest BCUT2D eigenvalue weighted by atomic mass is 10.1. The maximum atomic E-state index is 12.9. The summed E-state index contributed by atoms with van der Waals surface area (Å²) in [5, 5.41) is 17.2. The quantitative estimate of drug-likeness (QED) is 0.107. The molecule has 0 aliphatic rings. The molecule has 2 heterocycles. The highest BCUT2D eigenvalue weighted by molar-refractivity contribution is 6.76. The summed E-state index contributed by atoms with van der Waals surface area (Å²) in [7, 11) is -2.82. The van der Waals surface area contributed by atoms with E-state index in [9.17, 15) is 24.0 Å². The molecular weight excluding hydrogens is 643 g/mol. The molecule has 0 unspecified atom stereocenters. The van der Waals surface area contributed by atoms with Crippen molar-refractivity contribution in [2.45, 2.75) is 76.8 Å². The van der Waals surface area contributed by atoms with Crippen LogP contribution in [-0.4, -0.2) is 84.4 Å². The Kier molecular flexibility index (Phi) is 12.7. The molecule has 3 rings (SSSR count). The highest BCUT2D eigenvalue weighted by atomic mass is 28.3. The van der Waals surface area contributed by atoms with Gasteiger partial charge in [0, 0.05) is 33.8 Å². The Morgan fingerprint density at radius 1 is 0.936 bits per heavy atom. The van der Waals surface area contributed by atoms with Gasteiger partial charge in [0.15, 0.2) is 11.2 Å². The van der Waals surface area contributed by atoms with Gasteiger partial charge in [-0.15, -0.1) is 0 Å². The number of aliphatic carboxylic acids is 1. The Hall–Kier alpha value is -4.65. The number of esters is 1. The van der Waals surface area contributed by atoms with E-state index in [0.29, 0.717) is 11.4 Å². The van der Waals surface area contributed by atoms with E-state index < -0.39 is 51.7 Å². The number of benzene rings is 1. The van der Waals surface area contributed by atoms with Gasteiger partial charge in [-0.3, -0.25) is 24.7 Å². The zero-order valence-electron chi connectivity index (χ0n) is 27.6. The van der Waals surface area contributed by atoms with Gasteiger partial charge in [0.2, 0.25) is 5.95 Å². The molecule has 0 spiro atoms. The smallest absolute Gasteiger partial charge is 0.413 e. The SMILES string of the molecule is C[Si](C)(C)CCOC(=O)Nc1nc2ncc(CNc3ccc(C(=O)N[C@@H](CCC(=O)O)C(=O)OCC[Si](C)(C)C)cc3)nc2c(=O)[nH]1. The predicted octanol–water partition coefficient (Wildman–Crippen LogP) is 4.06. The third-order valence-electron chi connectivity index (χ3n) is 6.73. The molecule has 3 aromatic rings. The van der Waals surface area contributed by atoms with Gasteiger partial charge in [-0.1, -0.05) is 39.3 Å². The van der Waals surface area contributed by atoms with Crippen LogP contribution in [0, 0.1) is 0 Å². The summed E-state index contributed by atoms with van der Waals surface area (Å²) in [6.07, 6.45) is 0.319. The molecule has 0 aliphatic heterocycles. The van der Waals surface area contributed by atoms with Crippen LogP contribution in [0.5, 0.6) is 0 Å². The third-order valence-corrected chi connectivity index (χ3v) is 10.1. The second-order valence-corrected chi connectivity index (χ2v) is 24.6. The number of nitrogens with one attached hydrogen (secondary N) is 4. The summed E-state index contributed by atoms with van der Waals surface area (Å²) >= 11 is 0. The molecule has 2 amide bonds. The number of nitrogens with zero attached hydrogens (tertiary/aromatic N) is 3. The Morgan fingerprint density at radius 3 is 2.19 bits per heavy atom. The van der Waals surface area contributed by atoms with E-state index in [1.807, 2.05) is 0 Å². The molecule has 0 saturated heterocycles. The van der Waals surface area contributed by atoms with Gasteiger partial charge in [0.25, 0.3) is 11.5 Å². The van der Waals surface area contributed by atoms with Crippen molar-refractivity contribution >= 4 is 62.9 Å². The number of hydrogen-bond acceptors (Lipinski definition) is 11. The van der Waals surface area contributed by atoms with E-state index in [1.54, 1.807) is 24.3 Å². The van der Waals surface area contributed by atoms with Gasteiger partial charge in [0.05, 0.1) is 31.6 Å². The largest absolute Gasteiger partial charge is 0.481 e. The minimum Gasteiger partial charge on any atom is -0.481 e. The molecule has 0 fully saturated rings. The number of rotatable bonds is 16. The summed E-state index contributed by atoms with van der Waals surface area (Å²) < 4.78 is 10.5. The van der Waals surface area contributed by atoms with E-state index in [4.69, 9.17) is 14.6 Å². The van der Waals surface area contributed by atoms with E-state index in [1.165, 1.54) is 6.20 Å². The van der Waals surface area contributed by atoms with Crippen molar-refractivity contribution in [3.8, 4) is 0 Å². The van der Waals surface area contributed by atoms with Crippen LogP contribution in [0.2, 0.25) is 51.4 Å². The van der Waals surface area contributed by atoms with Gasteiger partial charge in [-0.2, -0.15) is 4.98 Å². The number of hydrogen-bond donors (Lipinski definition) is 5. The first-order chi connectivity index (χ1) is 22.0. The van der Waals surface area contributed by atoms with Crippen molar-refractivity contribution in [1.29, 1.82) is 0 Å². The lowest BCUT2D eigenvalue weighted by Crippen LogP contribution is -2.42. The van der Waals surface area contributed by atoms with E-state index in [-0.39, 0.29) is 55.3 Å². The highest BCUT2D eigenvalue weighted by Crippen LogP contribution is 2.14. The van der Waals surface area contributed by atoms with Gasteiger partial charge in [0.1, 0.15) is 6.04 Å². The van der Waals surface area contributed by atoms with Crippen molar-refractivity contribution in [2.75, 3.05) is 23.8 Å². The molecule has 0 saturated carbocycles. The lowest BCUT2D eigenvalue weighted by Gasteiger charge is -2.19. The predicted molar refractivity (Wildman–Crippen MR) is 182 cm³/mol. The Balaban J connectivity index is 1.58. The van der Waals surface area contributed by atoms with E-state index >= 15 is 0 Å². The third kappa shape index (κ3) is 12.9. The monoisotopic (exact) mass is 685 g/mol. The molecule has 17 heteroatoms. The molecule has 254 valence electrons. The summed E-state index contributed by atoms with van der Waals surface area (Å²) in [4.78, 5) is 76.5. The number of carboxylic acid groups (broad SMARTS) is 1. The van der Waals surface area contributed by atoms with Crippen LogP contribution in [-0.2, 0) is 25.6 Å². The number of amides is 2. The summed E-state index contributed by atoms with van der Waals surface area (Å²) in [5.41, 5.74) is 0.789. The van der Waals surface area contributed by atoms with E-state index in [2.05, 4.69) is 75.2 Å². The molecule has 47 heavy (non-hydrogen) atoms. The number of carboxylic acids is 1. The molecule has 1 aromatic carbocycles. The molecule has 1 atom stereocenters. The van der Waals surface area contributed by atoms with Crippen LogP contribution in [0.1, 0.15) is 28.9 Å². The van der Waals surface area contributed by atoms with Crippen LogP contribution in [0.25, 0.3) is 11.2 Å². The number of aromatic nitrogens is 4. The van der Waals surface area contributed by atoms with Crippen molar-refractivity contribution in [2.24, 2.45) is 0 Å². The van der Waals surface area contributed by atoms with Gasteiger partial charge in [-0.05, 0) is 42.8 Å². The molecule has 15 nitrogen and oxygen atoms in total. The van der Waals surface area contributed by atoms with E-state index in [0.717, 1.165) is 12.1 Å². The minimum absolute atomic E-state index is 0.00886. The fourth-order valence-electron chi connectivity index (χ4n) is 3.93. The molecule has 2 aromatic heterocycles. The number of aromatic amines is 1. The summed E-state index contributed by atoms with van der Waals surface area (Å²) in [5.74, 6) is -2.39. The second-order valence-electron chi connectivity index (χ2n) is 13.4. The van der Waals surface area contributed by atoms with Crippen LogP contribution in [0.15, 0.2) is 35.3 Å². The average molecular weight is 686 g/mol. The van der Waals surface area contributed by atoms with Crippen LogP contribution < -0.4 is 21.5 Å². The molecule has 0 aliphatic carbocycles. The van der Waals surface area contributed by atoms with Crippen molar-refractivity contribution in [1.82, 2.24) is 25.3 Å². The van der Waals surface area contributed by atoms with Crippen LogP contribution in [0.4, 0.5) is 16.4 Å². The molecule has 5 N–H and O–H groups in total. The zero-order valence-corrected chi connectivity index (χ0v) is 29.6. The Bertz CT molecular complexity index is 1640. The normalized spacial score (nSPS) is 12.2. The molecular formula is C30H43N7O8Si2. The topological polar surface area (TPSA) is 215 Å². The highest BCUT2D eigenvalue weighted by Gasteiger charge is 2.25. The van der Waals surface area contributed by atoms with Crippen molar-refractivity contribution in [3.63, 3.8) is 0 Å². The number of fused-ring (bicyclic) bond motifs is 1. The molecule has 0 radical (unpaired) electrons. The Morgan fingerprint density at radius 2 is 1.57 bits per heavy atom. The fourth-order valence-corrected chi connectivity index (χ4v) is 5.36. The van der Waals surface area contributed by atoms with Gasteiger partial charge in [-0.25, -0.2) is 19.6 Å². The number of carbonyl (C=O) groups excluding carboxylic acids is 3. The number of H-pyrrole nitrogens is 1. The van der Waals surface area contributed by atoms with Gasteiger partial charge >= 0.3 is 18.0 Å². The summed E-state index contributed by atoms with van der Waals surface area (Å²) in [6.45, 7) is 13.6. The maximum Gasteiger partial charge on any atom is 0.413 e. The van der Waals surface area contributed by atoms with Crippen molar-refractivity contribution < 1.29 is 33.8 Å². The average Bonchev–Trinajstić information content (AvgIpc) is 2.97. The lowest BCUT2D eigenvalue weighted by molar-refractivity contribution is -0.146. The number of ether oxygens (including phenoxy) is 2. The van der Waals surface area contributed by atoms with Gasteiger partial charge < -0.3 is 25.2 Å². The molecule has 0 bridgehead atoms. The minimum atomic E-state index is -1.45. The maximum absolute atomic E-state index is 12.9. The first kappa shape index (κ1) is 36.8. The second kappa shape index (κ2) is 16.3. The fraction of sp³-hybridized carbons (Fsp3) is 0.467. The van der Waals surface area contributed by atoms with Crippen LogP contribution >= 0.6 is 0 Å². The summed E-state index contributed by atoms with van der Waals surface area (Å²) in [6, 6.07) is 6.86. The zero-order chi connectivity index (χ0) is 34.8. The van der Waals surface area contributed by atoms with Crippen molar-refractivity contribution in [3.05, 3.63) is 52.1 Å². The standard InChI is InChI=1S/C30H43N7O8Si2/c1-46(2,3)15-13-44-28(42)22(11-12-23(38)39)34-26(40)19-7-9-20(10-8-19)31-17-21-18-32-25-24(33-21)27(41)36-29(35-25)37-30(43)45-14-16-47(4,5)6/h7-10,18,22,31H,11-17H2,1-6H3,(H,34,40)(H,38,39)(H2,32,35,36,37,41,43)/t22-/m0/s1. The number of carbonyl (C=O) groups is 4. The van der Waals surface area contributed by atoms with Crippen LogP contribution in [0.3, 0.4) is 0 Å².